The van der Waals surface area contributed by atoms with Gasteiger partial charge in [-0.25, -0.2) is 4.39 Å². The summed E-state index contributed by atoms with van der Waals surface area (Å²) < 4.78 is 13.0. The van der Waals surface area contributed by atoms with E-state index in [4.69, 9.17) is 0 Å². The van der Waals surface area contributed by atoms with Crippen molar-refractivity contribution in [2.75, 3.05) is 13.1 Å². The summed E-state index contributed by atoms with van der Waals surface area (Å²) in [6.07, 6.45) is 5.07. The largest absolute Gasteiger partial charge is 0.349 e. The third-order valence-corrected chi connectivity index (χ3v) is 5.96. The van der Waals surface area contributed by atoms with Crippen LogP contribution in [0.25, 0.3) is 0 Å². The number of carbonyl (C=O) groups excluding carboxylic acids is 1. The smallest absolute Gasteiger partial charge is 0.223 e. The van der Waals surface area contributed by atoms with Crippen LogP contribution in [0.2, 0.25) is 0 Å². The Bertz CT molecular complexity index is 781. The highest BCUT2D eigenvalue weighted by Crippen LogP contribution is 2.30. The van der Waals surface area contributed by atoms with Crippen molar-refractivity contribution in [2.45, 2.75) is 44.7 Å². The number of rotatable bonds is 4. The number of halogens is 1. The van der Waals surface area contributed by atoms with Crippen LogP contribution in [0.3, 0.4) is 0 Å². The van der Waals surface area contributed by atoms with Crippen LogP contribution in [-0.4, -0.2) is 23.9 Å². The van der Waals surface area contributed by atoms with Gasteiger partial charge in [0.25, 0.3) is 0 Å². The van der Waals surface area contributed by atoms with Crippen molar-refractivity contribution in [2.24, 2.45) is 5.92 Å². The number of hydrogen-bond donors (Lipinski definition) is 1. The highest BCUT2D eigenvalue weighted by atomic mass is 19.1. The second-order valence-electron chi connectivity index (χ2n) is 7.83. The Morgan fingerprint density at radius 1 is 1.04 bits per heavy atom. The molecule has 2 aromatic carbocycles. The molecule has 2 aliphatic rings. The lowest BCUT2D eigenvalue weighted by Gasteiger charge is -2.33. The van der Waals surface area contributed by atoms with Crippen molar-refractivity contribution in [1.82, 2.24) is 10.2 Å². The second kappa shape index (κ2) is 8.22. The summed E-state index contributed by atoms with van der Waals surface area (Å²) in [7, 11) is 0. The van der Waals surface area contributed by atoms with Crippen molar-refractivity contribution in [3.63, 3.8) is 0 Å². The van der Waals surface area contributed by atoms with E-state index in [2.05, 4.69) is 34.5 Å². The van der Waals surface area contributed by atoms with Gasteiger partial charge in [0.15, 0.2) is 0 Å². The molecule has 27 heavy (non-hydrogen) atoms. The van der Waals surface area contributed by atoms with Gasteiger partial charge in [0, 0.05) is 12.5 Å². The Morgan fingerprint density at radius 3 is 2.56 bits per heavy atom. The molecule has 4 heteroatoms. The summed E-state index contributed by atoms with van der Waals surface area (Å²) in [5.41, 5.74) is 3.80. The van der Waals surface area contributed by atoms with Crippen molar-refractivity contribution in [1.29, 1.82) is 0 Å². The first kappa shape index (κ1) is 18.2. The molecule has 3 nitrogen and oxygen atoms in total. The number of hydrogen-bond acceptors (Lipinski definition) is 2. The minimum atomic E-state index is -0.196. The Kier molecular flexibility index (Phi) is 5.53. The Morgan fingerprint density at radius 2 is 1.78 bits per heavy atom. The van der Waals surface area contributed by atoms with Gasteiger partial charge in [-0.1, -0.05) is 36.4 Å². The highest BCUT2D eigenvalue weighted by Gasteiger charge is 2.28. The number of carbonyl (C=O) groups is 1. The van der Waals surface area contributed by atoms with Crippen molar-refractivity contribution in [3.05, 3.63) is 71.0 Å². The van der Waals surface area contributed by atoms with Crippen molar-refractivity contribution >= 4 is 5.91 Å². The maximum absolute atomic E-state index is 13.0. The standard InChI is InChI=1S/C23H27FN2O/c24-20-10-8-17(9-11-20)16-26-14-12-19(13-15-26)23(27)25-22-7-3-5-18-4-1-2-6-21(18)22/h1-2,4,6,8-11,19,22H,3,5,7,12-16H2,(H,25,27)/t22-/m1/s1. The Labute approximate surface area is 160 Å². The number of aryl methyl sites for hydroxylation is 1. The van der Waals surface area contributed by atoms with Crippen LogP contribution in [0.1, 0.15) is 48.4 Å². The van der Waals surface area contributed by atoms with Gasteiger partial charge in [-0.05, 0) is 74.0 Å². The topological polar surface area (TPSA) is 32.3 Å². The van der Waals surface area contributed by atoms with Gasteiger partial charge in [0.1, 0.15) is 5.82 Å². The van der Waals surface area contributed by atoms with Gasteiger partial charge in [-0.3, -0.25) is 9.69 Å². The molecule has 2 aromatic rings. The average Bonchev–Trinajstić information content (AvgIpc) is 2.70. The summed E-state index contributed by atoms with van der Waals surface area (Å²) in [5, 5.41) is 3.32. The fourth-order valence-corrected chi connectivity index (χ4v) is 4.39. The molecule has 1 aliphatic carbocycles. The summed E-state index contributed by atoms with van der Waals surface area (Å²) in [6, 6.07) is 15.4. The number of nitrogens with one attached hydrogen (secondary N) is 1. The molecule has 142 valence electrons. The maximum Gasteiger partial charge on any atom is 0.223 e. The first-order chi connectivity index (χ1) is 13.2. The van der Waals surface area contributed by atoms with E-state index in [0.717, 1.165) is 57.3 Å². The van der Waals surface area contributed by atoms with E-state index >= 15 is 0 Å². The molecule has 0 unspecified atom stereocenters. The van der Waals surface area contributed by atoms with Crippen LogP contribution in [0.15, 0.2) is 48.5 Å². The molecule has 1 amide bonds. The molecule has 0 bridgehead atoms. The number of benzene rings is 2. The number of piperidine rings is 1. The van der Waals surface area contributed by atoms with Gasteiger partial charge >= 0.3 is 0 Å². The molecule has 1 atom stereocenters. The minimum Gasteiger partial charge on any atom is -0.349 e. The van der Waals surface area contributed by atoms with Crippen LogP contribution >= 0.6 is 0 Å². The molecule has 1 heterocycles. The number of amides is 1. The molecule has 1 fully saturated rings. The molecule has 1 N–H and O–H groups in total. The van der Waals surface area contributed by atoms with E-state index in [1.165, 1.54) is 23.3 Å². The van der Waals surface area contributed by atoms with E-state index in [9.17, 15) is 9.18 Å². The van der Waals surface area contributed by atoms with E-state index in [1.807, 2.05) is 12.1 Å². The monoisotopic (exact) mass is 366 g/mol. The first-order valence-electron chi connectivity index (χ1n) is 10.0. The van der Waals surface area contributed by atoms with Crippen LogP contribution in [-0.2, 0) is 17.8 Å². The van der Waals surface area contributed by atoms with Gasteiger partial charge in [0.05, 0.1) is 6.04 Å². The van der Waals surface area contributed by atoms with E-state index < -0.39 is 0 Å². The van der Waals surface area contributed by atoms with Crippen LogP contribution in [0.5, 0.6) is 0 Å². The fraction of sp³-hybridized carbons (Fsp3) is 0.435. The fourth-order valence-electron chi connectivity index (χ4n) is 4.39. The van der Waals surface area contributed by atoms with E-state index in [-0.39, 0.29) is 23.7 Å². The quantitative estimate of drug-likeness (QED) is 0.878. The predicted molar refractivity (Wildman–Crippen MR) is 105 cm³/mol. The number of nitrogens with zero attached hydrogens (tertiary/aromatic N) is 1. The summed E-state index contributed by atoms with van der Waals surface area (Å²) in [6.45, 7) is 2.65. The molecule has 1 aliphatic heterocycles. The van der Waals surface area contributed by atoms with Crippen LogP contribution < -0.4 is 5.32 Å². The highest BCUT2D eigenvalue weighted by molar-refractivity contribution is 5.79. The summed E-state index contributed by atoms with van der Waals surface area (Å²) in [4.78, 5) is 15.2. The molecular formula is C23H27FN2O. The SMILES string of the molecule is O=C(N[C@@H]1CCCc2ccccc21)C1CCN(Cc2ccc(F)cc2)CC1. The lowest BCUT2D eigenvalue weighted by atomic mass is 9.87. The zero-order chi connectivity index (χ0) is 18.6. The lowest BCUT2D eigenvalue weighted by Crippen LogP contribution is -2.41. The molecular weight excluding hydrogens is 339 g/mol. The normalized spacial score (nSPS) is 20.9. The zero-order valence-corrected chi connectivity index (χ0v) is 15.7. The molecule has 1 saturated heterocycles. The van der Waals surface area contributed by atoms with Gasteiger partial charge in [0.2, 0.25) is 5.91 Å². The third-order valence-electron chi connectivity index (χ3n) is 5.96. The molecule has 0 spiro atoms. The lowest BCUT2D eigenvalue weighted by molar-refractivity contribution is -0.127. The van der Waals surface area contributed by atoms with E-state index in [1.54, 1.807) is 0 Å². The summed E-state index contributed by atoms with van der Waals surface area (Å²) >= 11 is 0. The molecule has 4 rings (SSSR count). The average molecular weight is 366 g/mol. The molecule has 0 aromatic heterocycles. The summed E-state index contributed by atoms with van der Waals surface area (Å²) in [5.74, 6) is 0.111. The molecule has 0 saturated carbocycles. The van der Waals surface area contributed by atoms with Gasteiger partial charge < -0.3 is 5.32 Å². The second-order valence-corrected chi connectivity index (χ2v) is 7.83. The zero-order valence-electron chi connectivity index (χ0n) is 15.7. The molecule has 0 radical (unpaired) electrons. The predicted octanol–water partition coefficient (Wildman–Crippen LogP) is 4.23. The number of likely N-dealkylation sites (tertiary alicyclic amines) is 1. The third kappa shape index (κ3) is 4.38. The first-order valence-corrected chi connectivity index (χ1v) is 10.0. The maximum atomic E-state index is 13.0. The van der Waals surface area contributed by atoms with E-state index in [0.29, 0.717) is 0 Å². The Balaban J connectivity index is 1.30. The van der Waals surface area contributed by atoms with Gasteiger partial charge in [-0.15, -0.1) is 0 Å². The van der Waals surface area contributed by atoms with Gasteiger partial charge in [-0.2, -0.15) is 0 Å². The van der Waals surface area contributed by atoms with Crippen LogP contribution in [0.4, 0.5) is 4.39 Å². The van der Waals surface area contributed by atoms with Crippen molar-refractivity contribution in [3.8, 4) is 0 Å². The Hall–Kier alpha value is -2.20. The van der Waals surface area contributed by atoms with Crippen molar-refractivity contribution < 1.29 is 9.18 Å². The number of fused-ring (bicyclic) bond motifs is 1. The minimum absolute atomic E-state index is 0.101. The van der Waals surface area contributed by atoms with Crippen LogP contribution in [0, 0.1) is 11.7 Å².